The number of hydrogen-bond donors (Lipinski definition) is 0. The lowest BCUT2D eigenvalue weighted by molar-refractivity contribution is -0.130. The number of carbonyl (C=O) groups is 2. The third kappa shape index (κ3) is 3.57. The van der Waals surface area contributed by atoms with Crippen molar-refractivity contribution in [2.75, 3.05) is 13.1 Å². The number of carbonyl (C=O) groups excluding carboxylic acids is 2. The summed E-state index contributed by atoms with van der Waals surface area (Å²) in [6.45, 7) is 2.59. The van der Waals surface area contributed by atoms with E-state index >= 15 is 0 Å². The van der Waals surface area contributed by atoms with Gasteiger partial charge in [0.1, 0.15) is 6.54 Å². The zero-order valence-electron chi connectivity index (χ0n) is 16.4. The second kappa shape index (κ2) is 7.91. The van der Waals surface area contributed by atoms with Gasteiger partial charge in [-0.3, -0.25) is 19.0 Å². The fourth-order valence-electron chi connectivity index (χ4n) is 3.77. The molecule has 0 saturated carbocycles. The summed E-state index contributed by atoms with van der Waals surface area (Å²) < 4.78 is 2.32. The van der Waals surface area contributed by atoms with Gasteiger partial charge in [0.15, 0.2) is 5.78 Å². The van der Waals surface area contributed by atoms with Crippen LogP contribution in [0.1, 0.15) is 30.1 Å². The number of aromatic nitrogens is 2. The first-order chi connectivity index (χ1) is 14.4. The van der Waals surface area contributed by atoms with Crippen molar-refractivity contribution in [1.82, 2.24) is 14.0 Å². The number of hydrogen-bond acceptors (Lipinski definition) is 4. The summed E-state index contributed by atoms with van der Waals surface area (Å²) in [6, 6.07) is 10.9. The highest BCUT2D eigenvalue weighted by Crippen LogP contribution is 2.18. The molecule has 1 aliphatic heterocycles. The van der Waals surface area contributed by atoms with E-state index in [1.54, 1.807) is 41.3 Å². The van der Waals surface area contributed by atoms with E-state index in [2.05, 4.69) is 0 Å². The Labute approximate surface area is 177 Å². The minimum absolute atomic E-state index is 0.115. The van der Waals surface area contributed by atoms with E-state index in [1.807, 2.05) is 0 Å². The Bertz CT molecular complexity index is 1270. The molecule has 0 bridgehead atoms. The van der Waals surface area contributed by atoms with Gasteiger partial charge in [-0.15, -0.1) is 0 Å². The summed E-state index contributed by atoms with van der Waals surface area (Å²) in [4.78, 5) is 52.5. The van der Waals surface area contributed by atoms with Crippen molar-refractivity contribution in [2.45, 2.75) is 26.3 Å². The van der Waals surface area contributed by atoms with Crippen LogP contribution >= 0.6 is 11.6 Å². The van der Waals surface area contributed by atoms with Crippen LogP contribution in [0.3, 0.4) is 0 Å². The maximum atomic E-state index is 13.3. The summed E-state index contributed by atoms with van der Waals surface area (Å²) in [5, 5.41) is 0.649. The van der Waals surface area contributed by atoms with Crippen LogP contribution in [0, 0.1) is 0 Å². The van der Waals surface area contributed by atoms with E-state index < -0.39 is 11.2 Å². The number of benzene rings is 2. The fraction of sp³-hybridized carbons (Fsp3) is 0.273. The number of ketones is 1. The minimum Gasteiger partial charge on any atom is -0.341 e. The molecular weight excluding hydrogens is 406 g/mol. The smallest absolute Gasteiger partial charge is 0.336 e. The largest absolute Gasteiger partial charge is 0.341 e. The highest BCUT2D eigenvalue weighted by molar-refractivity contribution is 6.31. The molecule has 0 radical (unpaired) electrons. The molecule has 1 amide bonds. The minimum atomic E-state index is -0.627. The van der Waals surface area contributed by atoms with Crippen LogP contribution in [0.4, 0.5) is 0 Å². The number of likely N-dealkylation sites (tertiary alicyclic amines) is 1. The lowest BCUT2D eigenvalue weighted by Gasteiger charge is -2.18. The Hall–Kier alpha value is -3.19. The van der Waals surface area contributed by atoms with E-state index in [4.69, 9.17) is 11.6 Å². The normalized spacial score (nSPS) is 13.7. The lowest BCUT2D eigenvalue weighted by atomic mass is 10.1. The Kier molecular flexibility index (Phi) is 5.30. The van der Waals surface area contributed by atoms with Gasteiger partial charge in [-0.2, -0.15) is 0 Å². The summed E-state index contributed by atoms with van der Waals surface area (Å²) in [7, 11) is 0. The predicted molar refractivity (Wildman–Crippen MR) is 115 cm³/mol. The zero-order chi connectivity index (χ0) is 21.4. The standard InChI is InChI=1S/C22H20ClN3O4/c1-14(27)15-4-7-17(8-5-15)26-21(29)18-9-6-16(23)12-19(18)25(22(26)30)13-20(28)24-10-2-3-11-24/h4-9,12H,2-3,10-11,13H2,1H3. The molecule has 7 nitrogen and oxygen atoms in total. The third-order valence-electron chi connectivity index (χ3n) is 5.39. The first-order valence-electron chi connectivity index (χ1n) is 9.71. The molecule has 154 valence electrons. The molecule has 3 aromatic rings. The Morgan fingerprint density at radius 2 is 1.67 bits per heavy atom. The Balaban J connectivity index is 1.92. The Morgan fingerprint density at radius 3 is 2.30 bits per heavy atom. The maximum absolute atomic E-state index is 13.3. The van der Waals surface area contributed by atoms with Gasteiger partial charge >= 0.3 is 5.69 Å². The van der Waals surface area contributed by atoms with E-state index in [-0.39, 0.29) is 23.6 Å². The molecule has 0 N–H and O–H groups in total. The number of fused-ring (bicyclic) bond motifs is 1. The van der Waals surface area contributed by atoms with Gasteiger partial charge in [-0.1, -0.05) is 11.6 Å². The molecular formula is C22H20ClN3O4. The number of rotatable bonds is 4. The molecule has 0 atom stereocenters. The van der Waals surface area contributed by atoms with Gasteiger partial charge in [0, 0.05) is 23.7 Å². The van der Waals surface area contributed by atoms with Crippen molar-refractivity contribution in [3.8, 4) is 5.69 Å². The van der Waals surface area contributed by atoms with Crippen molar-refractivity contribution < 1.29 is 9.59 Å². The molecule has 1 aliphatic rings. The van der Waals surface area contributed by atoms with E-state index in [0.29, 0.717) is 34.9 Å². The fourth-order valence-corrected chi connectivity index (χ4v) is 3.93. The van der Waals surface area contributed by atoms with Crippen molar-refractivity contribution in [3.05, 3.63) is 73.9 Å². The molecule has 0 spiro atoms. The number of halogens is 1. The van der Waals surface area contributed by atoms with E-state index in [9.17, 15) is 19.2 Å². The summed E-state index contributed by atoms with van der Waals surface area (Å²) in [5.74, 6) is -0.288. The van der Waals surface area contributed by atoms with Crippen LogP contribution in [0.5, 0.6) is 0 Å². The molecule has 2 heterocycles. The average molecular weight is 426 g/mol. The molecule has 8 heteroatoms. The molecule has 1 saturated heterocycles. The molecule has 0 aliphatic carbocycles. The van der Waals surface area contributed by atoms with Gasteiger partial charge < -0.3 is 4.90 Å². The highest BCUT2D eigenvalue weighted by atomic mass is 35.5. The molecule has 4 rings (SSSR count). The highest BCUT2D eigenvalue weighted by Gasteiger charge is 2.22. The summed E-state index contributed by atoms with van der Waals surface area (Å²) in [5.41, 5.74) is -0.00946. The van der Waals surface area contributed by atoms with Crippen LogP contribution in [0.2, 0.25) is 5.02 Å². The van der Waals surface area contributed by atoms with Gasteiger partial charge in [0.2, 0.25) is 5.91 Å². The van der Waals surface area contributed by atoms with E-state index in [0.717, 1.165) is 17.4 Å². The van der Waals surface area contributed by atoms with Crippen LogP contribution in [0.15, 0.2) is 52.1 Å². The molecule has 30 heavy (non-hydrogen) atoms. The van der Waals surface area contributed by atoms with Crippen LogP contribution < -0.4 is 11.2 Å². The van der Waals surface area contributed by atoms with Crippen LogP contribution in [0.25, 0.3) is 16.6 Å². The van der Waals surface area contributed by atoms with Crippen molar-refractivity contribution in [3.63, 3.8) is 0 Å². The number of Topliss-reactive ketones (excluding diaryl/α,β-unsaturated/α-hetero) is 1. The third-order valence-corrected chi connectivity index (χ3v) is 5.63. The summed E-state index contributed by atoms with van der Waals surface area (Å²) >= 11 is 6.11. The topological polar surface area (TPSA) is 81.4 Å². The SMILES string of the molecule is CC(=O)c1ccc(-n2c(=O)c3ccc(Cl)cc3n(CC(=O)N3CCCC3)c2=O)cc1. The molecule has 1 aromatic heterocycles. The van der Waals surface area contributed by atoms with Crippen molar-refractivity contribution in [2.24, 2.45) is 0 Å². The zero-order valence-corrected chi connectivity index (χ0v) is 17.2. The van der Waals surface area contributed by atoms with Gasteiger partial charge in [0.05, 0.1) is 16.6 Å². The summed E-state index contributed by atoms with van der Waals surface area (Å²) in [6.07, 6.45) is 1.88. The van der Waals surface area contributed by atoms with Crippen molar-refractivity contribution in [1.29, 1.82) is 0 Å². The molecule has 2 aromatic carbocycles. The second-order valence-electron chi connectivity index (χ2n) is 7.36. The maximum Gasteiger partial charge on any atom is 0.336 e. The van der Waals surface area contributed by atoms with Gasteiger partial charge in [0.25, 0.3) is 5.56 Å². The predicted octanol–water partition coefficient (Wildman–Crippen LogP) is 2.63. The average Bonchev–Trinajstić information content (AvgIpc) is 3.26. The Morgan fingerprint density at radius 1 is 1.00 bits per heavy atom. The van der Waals surface area contributed by atoms with Crippen LogP contribution in [-0.4, -0.2) is 38.8 Å². The molecule has 1 fully saturated rings. The monoisotopic (exact) mass is 425 g/mol. The number of amides is 1. The quantitative estimate of drug-likeness (QED) is 0.602. The number of nitrogens with zero attached hydrogens (tertiary/aromatic N) is 3. The first-order valence-corrected chi connectivity index (χ1v) is 10.1. The first kappa shape index (κ1) is 20.1. The van der Waals surface area contributed by atoms with Gasteiger partial charge in [-0.25, -0.2) is 9.36 Å². The second-order valence-corrected chi connectivity index (χ2v) is 7.80. The van der Waals surface area contributed by atoms with Gasteiger partial charge in [-0.05, 0) is 62.2 Å². The van der Waals surface area contributed by atoms with Crippen LogP contribution in [-0.2, 0) is 11.3 Å². The molecule has 0 unspecified atom stereocenters. The lowest BCUT2D eigenvalue weighted by Crippen LogP contribution is -2.42. The van der Waals surface area contributed by atoms with Crippen molar-refractivity contribution >= 4 is 34.2 Å². The van der Waals surface area contributed by atoms with E-state index in [1.165, 1.54) is 17.6 Å².